The quantitative estimate of drug-likeness (QED) is 0.416. The van der Waals surface area contributed by atoms with E-state index in [2.05, 4.69) is 15.8 Å². The Hall–Kier alpha value is -3.35. The SMILES string of the molecule is CCCOc1ccc(/C=N\NC(=O)C(=O)Nc2cccc(C)c2)cc1OCC. The molecule has 0 atom stereocenters. The first kappa shape index (κ1) is 21.0. The summed E-state index contributed by atoms with van der Waals surface area (Å²) in [4.78, 5) is 23.8. The molecule has 0 spiro atoms. The molecule has 2 aromatic carbocycles. The zero-order valence-corrected chi connectivity index (χ0v) is 16.3. The molecule has 0 fully saturated rings. The maximum Gasteiger partial charge on any atom is 0.329 e. The number of hydrogen-bond donors (Lipinski definition) is 2. The lowest BCUT2D eigenvalue weighted by molar-refractivity contribution is -0.136. The van der Waals surface area contributed by atoms with Gasteiger partial charge >= 0.3 is 11.8 Å². The number of aryl methyl sites for hydroxylation is 1. The highest BCUT2D eigenvalue weighted by Crippen LogP contribution is 2.28. The summed E-state index contributed by atoms with van der Waals surface area (Å²) in [5.41, 5.74) is 4.44. The largest absolute Gasteiger partial charge is 0.490 e. The minimum absolute atomic E-state index is 0.499. The first-order chi connectivity index (χ1) is 13.5. The first-order valence-corrected chi connectivity index (χ1v) is 9.14. The van der Waals surface area contributed by atoms with E-state index in [-0.39, 0.29) is 0 Å². The van der Waals surface area contributed by atoms with Crippen LogP contribution in [0.25, 0.3) is 0 Å². The molecule has 0 aromatic heterocycles. The van der Waals surface area contributed by atoms with Crippen molar-refractivity contribution in [2.24, 2.45) is 5.10 Å². The number of hydrazone groups is 1. The molecule has 0 saturated carbocycles. The molecule has 0 saturated heterocycles. The van der Waals surface area contributed by atoms with E-state index in [1.165, 1.54) is 6.21 Å². The van der Waals surface area contributed by atoms with Crippen molar-refractivity contribution < 1.29 is 19.1 Å². The number of hydrogen-bond acceptors (Lipinski definition) is 5. The van der Waals surface area contributed by atoms with Gasteiger partial charge in [-0.15, -0.1) is 0 Å². The van der Waals surface area contributed by atoms with Gasteiger partial charge in [-0.25, -0.2) is 5.43 Å². The fraction of sp³-hybridized carbons (Fsp3) is 0.286. The lowest BCUT2D eigenvalue weighted by Gasteiger charge is -2.11. The maximum atomic E-state index is 11.9. The van der Waals surface area contributed by atoms with Crippen molar-refractivity contribution in [3.8, 4) is 11.5 Å². The highest BCUT2D eigenvalue weighted by atomic mass is 16.5. The fourth-order valence-electron chi connectivity index (χ4n) is 2.33. The number of nitrogens with one attached hydrogen (secondary N) is 2. The molecular formula is C21H25N3O4. The summed E-state index contributed by atoms with van der Waals surface area (Å²) < 4.78 is 11.2. The number of nitrogens with zero attached hydrogens (tertiary/aromatic N) is 1. The Kier molecular flexibility index (Phi) is 8.02. The average Bonchev–Trinajstić information content (AvgIpc) is 2.67. The molecule has 2 N–H and O–H groups in total. The van der Waals surface area contributed by atoms with Gasteiger partial charge in [-0.1, -0.05) is 19.1 Å². The van der Waals surface area contributed by atoms with Crippen LogP contribution < -0.4 is 20.2 Å². The second-order valence-corrected chi connectivity index (χ2v) is 6.01. The van der Waals surface area contributed by atoms with Gasteiger partial charge in [-0.05, 0) is 61.7 Å². The Labute approximate surface area is 164 Å². The summed E-state index contributed by atoms with van der Waals surface area (Å²) >= 11 is 0. The van der Waals surface area contributed by atoms with Crippen molar-refractivity contribution in [1.29, 1.82) is 0 Å². The van der Waals surface area contributed by atoms with Crippen molar-refractivity contribution in [2.45, 2.75) is 27.2 Å². The van der Waals surface area contributed by atoms with Crippen molar-refractivity contribution in [3.63, 3.8) is 0 Å². The van der Waals surface area contributed by atoms with Crippen molar-refractivity contribution in [3.05, 3.63) is 53.6 Å². The third-order valence-corrected chi connectivity index (χ3v) is 3.59. The predicted octanol–water partition coefficient (Wildman–Crippen LogP) is 3.27. The second-order valence-electron chi connectivity index (χ2n) is 6.01. The topological polar surface area (TPSA) is 89.0 Å². The Bertz CT molecular complexity index is 849. The third-order valence-electron chi connectivity index (χ3n) is 3.59. The number of ether oxygens (including phenoxy) is 2. The molecule has 148 valence electrons. The van der Waals surface area contributed by atoms with Gasteiger partial charge in [-0.3, -0.25) is 9.59 Å². The summed E-state index contributed by atoms with van der Waals surface area (Å²) in [6, 6.07) is 12.5. The number of carbonyl (C=O) groups is 2. The average molecular weight is 383 g/mol. The molecular weight excluding hydrogens is 358 g/mol. The van der Waals surface area contributed by atoms with Gasteiger partial charge in [0.1, 0.15) is 0 Å². The molecule has 0 heterocycles. The van der Waals surface area contributed by atoms with Gasteiger partial charge < -0.3 is 14.8 Å². The Morgan fingerprint density at radius 3 is 2.57 bits per heavy atom. The van der Waals surface area contributed by atoms with E-state index in [0.717, 1.165) is 12.0 Å². The van der Waals surface area contributed by atoms with Crippen LogP contribution >= 0.6 is 0 Å². The van der Waals surface area contributed by atoms with E-state index < -0.39 is 11.8 Å². The van der Waals surface area contributed by atoms with Crippen LogP contribution in [0.3, 0.4) is 0 Å². The highest BCUT2D eigenvalue weighted by molar-refractivity contribution is 6.39. The van der Waals surface area contributed by atoms with Crippen LogP contribution in [0, 0.1) is 6.92 Å². The molecule has 2 rings (SSSR count). The summed E-state index contributed by atoms with van der Waals surface area (Å²) in [6.07, 6.45) is 2.33. The van der Waals surface area contributed by atoms with E-state index in [9.17, 15) is 9.59 Å². The van der Waals surface area contributed by atoms with Gasteiger partial charge in [-0.2, -0.15) is 5.10 Å². The molecule has 7 heteroatoms. The number of amides is 2. The Balaban J connectivity index is 1.96. The van der Waals surface area contributed by atoms with Crippen molar-refractivity contribution in [1.82, 2.24) is 5.43 Å². The Morgan fingerprint density at radius 2 is 1.86 bits per heavy atom. The van der Waals surface area contributed by atoms with Crippen LogP contribution in [0.5, 0.6) is 11.5 Å². The van der Waals surface area contributed by atoms with Crippen LogP contribution in [0.15, 0.2) is 47.6 Å². The van der Waals surface area contributed by atoms with Gasteiger partial charge in [0.15, 0.2) is 11.5 Å². The monoisotopic (exact) mass is 383 g/mol. The lowest BCUT2D eigenvalue weighted by atomic mass is 10.2. The maximum absolute atomic E-state index is 11.9. The summed E-state index contributed by atoms with van der Waals surface area (Å²) in [7, 11) is 0. The molecule has 0 aliphatic heterocycles. The molecule has 0 aliphatic rings. The van der Waals surface area contributed by atoms with Crippen LogP contribution in [0.2, 0.25) is 0 Å². The van der Waals surface area contributed by atoms with E-state index in [4.69, 9.17) is 9.47 Å². The van der Waals surface area contributed by atoms with Gasteiger partial charge in [0.25, 0.3) is 0 Å². The number of carbonyl (C=O) groups excluding carboxylic acids is 2. The molecule has 0 aliphatic carbocycles. The standard InChI is InChI=1S/C21H25N3O4/c1-4-11-28-18-10-9-16(13-19(18)27-5-2)14-22-24-21(26)20(25)23-17-8-6-7-15(3)12-17/h6-10,12-14H,4-5,11H2,1-3H3,(H,23,25)(H,24,26)/b22-14-. The second kappa shape index (κ2) is 10.7. The predicted molar refractivity (Wildman–Crippen MR) is 109 cm³/mol. The Morgan fingerprint density at radius 1 is 1.04 bits per heavy atom. The van der Waals surface area contributed by atoms with Crippen LogP contribution in [-0.4, -0.2) is 31.2 Å². The molecule has 2 amide bonds. The summed E-state index contributed by atoms with van der Waals surface area (Å²) in [5.74, 6) is -0.391. The van der Waals surface area contributed by atoms with Crippen LogP contribution in [-0.2, 0) is 9.59 Å². The molecule has 7 nitrogen and oxygen atoms in total. The first-order valence-electron chi connectivity index (χ1n) is 9.14. The summed E-state index contributed by atoms with van der Waals surface area (Å²) in [6.45, 7) is 6.91. The fourth-order valence-corrected chi connectivity index (χ4v) is 2.33. The third kappa shape index (κ3) is 6.42. The number of benzene rings is 2. The van der Waals surface area contributed by atoms with Gasteiger partial charge in [0.2, 0.25) is 0 Å². The van der Waals surface area contributed by atoms with Gasteiger partial charge in [0, 0.05) is 5.69 Å². The van der Waals surface area contributed by atoms with Gasteiger partial charge in [0.05, 0.1) is 19.4 Å². The zero-order chi connectivity index (χ0) is 20.4. The van der Waals surface area contributed by atoms with Crippen LogP contribution in [0.1, 0.15) is 31.4 Å². The summed E-state index contributed by atoms with van der Waals surface area (Å²) in [5, 5.41) is 6.36. The molecule has 0 bridgehead atoms. The smallest absolute Gasteiger partial charge is 0.329 e. The van der Waals surface area contributed by atoms with E-state index >= 15 is 0 Å². The van der Waals surface area contributed by atoms with E-state index in [0.29, 0.717) is 36.0 Å². The minimum Gasteiger partial charge on any atom is -0.490 e. The zero-order valence-electron chi connectivity index (χ0n) is 16.3. The number of anilines is 1. The lowest BCUT2D eigenvalue weighted by Crippen LogP contribution is -2.32. The minimum atomic E-state index is -0.856. The van der Waals surface area contributed by atoms with Crippen molar-refractivity contribution in [2.75, 3.05) is 18.5 Å². The molecule has 2 aromatic rings. The normalized spacial score (nSPS) is 10.5. The van der Waals surface area contributed by atoms with E-state index in [1.807, 2.05) is 26.8 Å². The van der Waals surface area contributed by atoms with E-state index in [1.54, 1.807) is 36.4 Å². The molecule has 0 unspecified atom stereocenters. The van der Waals surface area contributed by atoms with Crippen LogP contribution in [0.4, 0.5) is 5.69 Å². The van der Waals surface area contributed by atoms with Crippen molar-refractivity contribution >= 4 is 23.7 Å². The molecule has 0 radical (unpaired) electrons. The number of rotatable bonds is 8. The molecule has 28 heavy (non-hydrogen) atoms. The highest BCUT2D eigenvalue weighted by Gasteiger charge is 2.13.